The van der Waals surface area contributed by atoms with Gasteiger partial charge in [-0.05, 0) is 25.5 Å². The van der Waals surface area contributed by atoms with Gasteiger partial charge in [-0.15, -0.1) is 0 Å². The molecule has 0 saturated carbocycles. The van der Waals surface area contributed by atoms with E-state index < -0.39 is 0 Å². The first kappa shape index (κ1) is 9.78. The minimum Gasteiger partial charge on any atom is -0.507 e. The van der Waals surface area contributed by atoms with Gasteiger partial charge in [0.15, 0.2) is 0 Å². The zero-order valence-corrected chi connectivity index (χ0v) is 8.12. The SMILES string of the molecule is CCCN=Cc1cc(C)ccc1O. The second-order valence-corrected chi connectivity index (χ2v) is 3.10. The molecular formula is C11H15NO. The average molecular weight is 177 g/mol. The molecular weight excluding hydrogens is 162 g/mol. The van der Waals surface area contributed by atoms with Gasteiger partial charge in [0.25, 0.3) is 0 Å². The fraction of sp³-hybridized carbons (Fsp3) is 0.364. The minimum absolute atomic E-state index is 0.297. The first-order chi connectivity index (χ1) is 6.24. The van der Waals surface area contributed by atoms with Crippen molar-refractivity contribution in [3.63, 3.8) is 0 Å². The van der Waals surface area contributed by atoms with Gasteiger partial charge in [-0.3, -0.25) is 4.99 Å². The molecule has 1 rings (SSSR count). The highest BCUT2D eigenvalue weighted by Crippen LogP contribution is 2.15. The summed E-state index contributed by atoms with van der Waals surface area (Å²) in [5.74, 6) is 0.297. The molecule has 2 nitrogen and oxygen atoms in total. The first-order valence-electron chi connectivity index (χ1n) is 4.53. The molecule has 0 amide bonds. The van der Waals surface area contributed by atoms with Crippen molar-refractivity contribution in [2.75, 3.05) is 6.54 Å². The van der Waals surface area contributed by atoms with Crippen LogP contribution in [0.2, 0.25) is 0 Å². The Labute approximate surface area is 78.9 Å². The molecule has 1 N–H and O–H groups in total. The number of phenolic OH excluding ortho intramolecular Hbond substituents is 1. The van der Waals surface area contributed by atoms with Gasteiger partial charge in [0.1, 0.15) is 5.75 Å². The molecule has 1 aromatic carbocycles. The normalized spacial score (nSPS) is 10.9. The summed E-state index contributed by atoms with van der Waals surface area (Å²) in [6, 6.07) is 5.50. The van der Waals surface area contributed by atoms with Crippen molar-refractivity contribution < 1.29 is 5.11 Å². The van der Waals surface area contributed by atoms with E-state index in [-0.39, 0.29) is 0 Å². The lowest BCUT2D eigenvalue weighted by Gasteiger charge is -1.99. The fourth-order valence-corrected chi connectivity index (χ4v) is 1.07. The van der Waals surface area contributed by atoms with E-state index in [0.717, 1.165) is 24.1 Å². The maximum absolute atomic E-state index is 9.44. The quantitative estimate of drug-likeness (QED) is 0.707. The first-order valence-corrected chi connectivity index (χ1v) is 4.53. The molecule has 0 saturated heterocycles. The molecule has 0 atom stereocenters. The van der Waals surface area contributed by atoms with Crippen LogP contribution < -0.4 is 0 Å². The van der Waals surface area contributed by atoms with Crippen LogP contribution in [0, 0.1) is 6.92 Å². The highest BCUT2D eigenvalue weighted by atomic mass is 16.3. The van der Waals surface area contributed by atoms with Gasteiger partial charge in [-0.1, -0.05) is 18.6 Å². The third-order valence-corrected chi connectivity index (χ3v) is 1.77. The second-order valence-electron chi connectivity index (χ2n) is 3.10. The molecule has 0 aliphatic heterocycles. The Morgan fingerprint density at radius 3 is 2.92 bits per heavy atom. The Balaban J connectivity index is 2.81. The van der Waals surface area contributed by atoms with E-state index in [0.29, 0.717) is 5.75 Å². The van der Waals surface area contributed by atoms with E-state index in [1.165, 1.54) is 0 Å². The maximum atomic E-state index is 9.44. The highest BCUT2D eigenvalue weighted by molar-refractivity contribution is 5.83. The number of phenols is 1. The summed E-state index contributed by atoms with van der Waals surface area (Å²) in [6.45, 7) is 4.89. The molecule has 70 valence electrons. The molecule has 0 unspecified atom stereocenters. The molecule has 0 heterocycles. The molecule has 0 aromatic heterocycles. The largest absolute Gasteiger partial charge is 0.507 e. The van der Waals surface area contributed by atoms with Crippen molar-refractivity contribution in [2.45, 2.75) is 20.3 Å². The topological polar surface area (TPSA) is 32.6 Å². The third kappa shape index (κ3) is 2.90. The van der Waals surface area contributed by atoms with Gasteiger partial charge in [0.05, 0.1) is 0 Å². The van der Waals surface area contributed by atoms with Crippen molar-refractivity contribution in [1.82, 2.24) is 0 Å². The summed E-state index contributed by atoms with van der Waals surface area (Å²) in [4.78, 5) is 4.18. The molecule has 2 heteroatoms. The van der Waals surface area contributed by atoms with Crippen molar-refractivity contribution >= 4 is 6.21 Å². The van der Waals surface area contributed by atoms with E-state index in [9.17, 15) is 5.11 Å². The van der Waals surface area contributed by atoms with Gasteiger partial charge in [0.2, 0.25) is 0 Å². The molecule has 13 heavy (non-hydrogen) atoms. The highest BCUT2D eigenvalue weighted by Gasteiger charge is 1.96. The van der Waals surface area contributed by atoms with Crippen molar-refractivity contribution in [2.24, 2.45) is 4.99 Å². The monoisotopic (exact) mass is 177 g/mol. The molecule has 0 aliphatic rings. The summed E-state index contributed by atoms with van der Waals surface area (Å²) in [7, 11) is 0. The summed E-state index contributed by atoms with van der Waals surface area (Å²) in [5.41, 5.74) is 1.93. The summed E-state index contributed by atoms with van der Waals surface area (Å²) in [5, 5.41) is 9.44. The summed E-state index contributed by atoms with van der Waals surface area (Å²) < 4.78 is 0. The van der Waals surface area contributed by atoms with Gasteiger partial charge in [0, 0.05) is 18.3 Å². The Morgan fingerprint density at radius 1 is 1.46 bits per heavy atom. The standard InChI is InChI=1S/C11H15NO/c1-3-6-12-8-10-7-9(2)4-5-11(10)13/h4-5,7-8,13H,3,6H2,1-2H3. The van der Waals surface area contributed by atoms with E-state index in [1.807, 2.05) is 19.1 Å². The number of nitrogens with zero attached hydrogens (tertiary/aromatic N) is 1. The van der Waals surface area contributed by atoms with Crippen LogP contribution in [0.25, 0.3) is 0 Å². The summed E-state index contributed by atoms with van der Waals surface area (Å²) >= 11 is 0. The Bertz CT molecular complexity index is 305. The van der Waals surface area contributed by atoms with Gasteiger partial charge in [-0.25, -0.2) is 0 Å². The number of aromatic hydroxyl groups is 1. The van der Waals surface area contributed by atoms with Gasteiger partial charge < -0.3 is 5.11 Å². The van der Waals surface area contributed by atoms with Gasteiger partial charge >= 0.3 is 0 Å². The smallest absolute Gasteiger partial charge is 0.124 e. The molecule has 0 radical (unpaired) electrons. The zero-order valence-electron chi connectivity index (χ0n) is 8.12. The van der Waals surface area contributed by atoms with Crippen molar-refractivity contribution in [3.05, 3.63) is 29.3 Å². The maximum Gasteiger partial charge on any atom is 0.124 e. The van der Waals surface area contributed by atoms with Crippen LogP contribution in [-0.2, 0) is 0 Å². The van der Waals surface area contributed by atoms with Crippen LogP contribution >= 0.6 is 0 Å². The van der Waals surface area contributed by atoms with Crippen LogP contribution in [0.15, 0.2) is 23.2 Å². The average Bonchev–Trinajstić information content (AvgIpc) is 2.11. The Kier molecular flexibility index (Phi) is 3.50. The number of hydrogen-bond donors (Lipinski definition) is 1. The number of aryl methyl sites for hydroxylation is 1. The fourth-order valence-electron chi connectivity index (χ4n) is 1.07. The van der Waals surface area contributed by atoms with Crippen LogP contribution in [0.5, 0.6) is 5.75 Å². The number of hydrogen-bond acceptors (Lipinski definition) is 2. The van der Waals surface area contributed by atoms with Crippen LogP contribution in [-0.4, -0.2) is 17.9 Å². The van der Waals surface area contributed by atoms with Gasteiger partial charge in [-0.2, -0.15) is 0 Å². The van der Waals surface area contributed by atoms with Crippen LogP contribution in [0.4, 0.5) is 0 Å². The molecule has 1 aromatic rings. The third-order valence-electron chi connectivity index (χ3n) is 1.77. The predicted molar refractivity (Wildman–Crippen MR) is 55.6 cm³/mol. The van der Waals surface area contributed by atoms with Crippen molar-refractivity contribution in [1.29, 1.82) is 0 Å². The molecule has 0 spiro atoms. The molecule has 0 aliphatic carbocycles. The van der Waals surface area contributed by atoms with Crippen molar-refractivity contribution in [3.8, 4) is 5.75 Å². The van der Waals surface area contributed by atoms with E-state index in [4.69, 9.17) is 0 Å². The lowest BCUT2D eigenvalue weighted by molar-refractivity contribution is 0.474. The van der Waals surface area contributed by atoms with E-state index in [1.54, 1.807) is 12.3 Å². The Hall–Kier alpha value is -1.31. The number of rotatable bonds is 3. The Morgan fingerprint density at radius 2 is 2.23 bits per heavy atom. The zero-order chi connectivity index (χ0) is 9.68. The number of aliphatic imine (C=N–C) groups is 1. The lowest BCUT2D eigenvalue weighted by atomic mass is 10.1. The minimum atomic E-state index is 0.297. The lowest BCUT2D eigenvalue weighted by Crippen LogP contribution is -1.85. The number of benzene rings is 1. The van der Waals surface area contributed by atoms with Crippen LogP contribution in [0.1, 0.15) is 24.5 Å². The second kappa shape index (κ2) is 4.65. The molecule has 0 bridgehead atoms. The molecule has 0 fully saturated rings. The predicted octanol–water partition coefficient (Wildman–Crippen LogP) is 2.53. The van der Waals surface area contributed by atoms with E-state index >= 15 is 0 Å². The van der Waals surface area contributed by atoms with E-state index in [2.05, 4.69) is 11.9 Å². The van der Waals surface area contributed by atoms with Crippen LogP contribution in [0.3, 0.4) is 0 Å². The summed E-state index contributed by atoms with van der Waals surface area (Å²) in [6.07, 6.45) is 2.76.